The monoisotopic (exact) mass is 443 g/mol. The van der Waals surface area contributed by atoms with Gasteiger partial charge < -0.3 is 14.0 Å². The Morgan fingerprint density at radius 1 is 1.07 bits per heavy atom. The SMILES string of the molecule is COc1ccc(Cc2noc(CN(C)Cc3sc4ccccc4c3Cl)n2)cc1OC. The second-order valence-corrected chi connectivity index (χ2v) is 8.49. The maximum atomic E-state index is 6.56. The number of benzene rings is 2. The van der Waals surface area contributed by atoms with Crippen molar-refractivity contribution >= 4 is 33.0 Å². The summed E-state index contributed by atoms with van der Waals surface area (Å²) in [4.78, 5) is 7.77. The summed E-state index contributed by atoms with van der Waals surface area (Å²) in [5.41, 5.74) is 1.02. The minimum Gasteiger partial charge on any atom is -0.493 e. The highest BCUT2D eigenvalue weighted by Crippen LogP contribution is 2.36. The predicted octanol–water partition coefficient (Wildman–Crippen LogP) is 5.18. The molecule has 6 nitrogen and oxygen atoms in total. The predicted molar refractivity (Wildman–Crippen MR) is 119 cm³/mol. The van der Waals surface area contributed by atoms with Crippen molar-refractivity contribution in [2.45, 2.75) is 19.5 Å². The van der Waals surface area contributed by atoms with Crippen molar-refractivity contribution < 1.29 is 14.0 Å². The molecule has 4 aromatic rings. The highest BCUT2D eigenvalue weighted by molar-refractivity contribution is 7.19. The minimum atomic E-state index is 0.545. The highest BCUT2D eigenvalue weighted by atomic mass is 35.5. The average molecular weight is 444 g/mol. The first-order valence-corrected chi connectivity index (χ1v) is 10.6. The number of fused-ring (bicyclic) bond motifs is 1. The molecule has 2 aromatic heterocycles. The van der Waals surface area contributed by atoms with Gasteiger partial charge in [-0.05, 0) is 30.8 Å². The fourth-order valence-corrected chi connectivity index (χ4v) is 4.87. The minimum absolute atomic E-state index is 0.545. The quantitative estimate of drug-likeness (QED) is 0.374. The lowest BCUT2D eigenvalue weighted by Gasteiger charge is -2.12. The third kappa shape index (κ3) is 4.43. The van der Waals surface area contributed by atoms with Crippen LogP contribution in [0, 0.1) is 0 Å². The van der Waals surface area contributed by atoms with Crippen LogP contribution in [0.25, 0.3) is 10.1 Å². The molecule has 0 spiro atoms. The first-order valence-electron chi connectivity index (χ1n) is 9.44. The summed E-state index contributed by atoms with van der Waals surface area (Å²) >= 11 is 8.27. The van der Waals surface area contributed by atoms with Crippen molar-refractivity contribution in [3.8, 4) is 11.5 Å². The van der Waals surface area contributed by atoms with E-state index in [9.17, 15) is 0 Å². The number of methoxy groups -OCH3 is 2. The van der Waals surface area contributed by atoms with E-state index in [1.54, 1.807) is 25.6 Å². The number of halogens is 1. The van der Waals surface area contributed by atoms with E-state index in [2.05, 4.69) is 27.2 Å². The molecule has 0 radical (unpaired) electrons. The molecule has 0 aliphatic rings. The standard InChI is InChI=1S/C22H22ClN3O3S/c1-26(12-19-22(23)15-6-4-5-7-18(15)30-19)13-21-24-20(25-29-21)11-14-8-9-16(27-2)17(10-14)28-3/h4-10H,11-13H2,1-3H3. The number of hydrogen-bond donors (Lipinski definition) is 0. The zero-order valence-electron chi connectivity index (χ0n) is 17.0. The molecule has 0 saturated heterocycles. The maximum Gasteiger partial charge on any atom is 0.240 e. The Morgan fingerprint density at radius 2 is 1.87 bits per heavy atom. The van der Waals surface area contributed by atoms with E-state index in [4.69, 9.17) is 25.6 Å². The lowest BCUT2D eigenvalue weighted by Crippen LogP contribution is -2.17. The van der Waals surface area contributed by atoms with Crippen molar-refractivity contribution in [2.24, 2.45) is 0 Å². The molecule has 2 heterocycles. The van der Waals surface area contributed by atoms with E-state index >= 15 is 0 Å². The first kappa shape index (κ1) is 20.7. The van der Waals surface area contributed by atoms with Crippen LogP contribution in [0.3, 0.4) is 0 Å². The summed E-state index contributed by atoms with van der Waals surface area (Å²) in [6.07, 6.45) is 0.551. The Labute approximate surface area is 184 Å². The van der Waals surface area contributed by atoms with Gasteiger partial charge in [-0.15, -0.1) is 11.3 Å². The maximum absolute atomic E-state index is 6.56. The molecule has 0 aliphatic carbocycles. The second kappa shape index (κ2) is 9.04. The molecule has 8 heteroatoms. The second-order valence-electron chi connectivity index (χ2n) is 6.98. The van der Waals surface area contributed by atoms with Crippen LogP contribution in [0.2, 0.25) is 5.02 Å². The Kier molecular flexibility index (Phi) is 6.22. The molecule has 0 aliphatic heterocycles. The molecule has 4 rings (SSSR count). The van der Waals surface area contributed by atoms with E-state index in [1.807, 2.05) is 37.4 Å². The number of nitrogens with zero attached hydrogens (tertiary/aromatic N) is 3. The molecule has 0 fully saturated rings. The fourth-order valence-electron chi connectivity index (χ4n) is 3.30. The van der Waals surface area contributed by atoms with Gasteiger partial charge in [-0.1, -0.05) is 41.0 Å². The van der Waals surface area contributed by atoms with Gasteiger partial charge in [-0.25, -0.2) is 0 Å². The van der Waals surface area contributed by atoms with Crippen LogP contribution in [0.5, 0.6) is 11.5 Å². The summed E-state index contributed by atoms with van der Waals surface area (Å²) in [6.45, 7) is 1.26. The summed E-state index contributed by atoms with van der Waals surface area (Å²) < 4.78 is 17.3. The van der Waals surface area contributed by atoms with Crippen molar-refractivity contribution in [1.82, 2.24) is 15.0 Å². The number of aromatic nitrogens is 2. The molecular formula is C22H22ClN3O3S. The summed E-state index contributed by atoms with van der Waals surface area (Å²) in [5, 5.41) is 6.03. The molecule has 0 saturated carbocycles. The Balaban J connectivity index is 1.41. The van der Waals surface area contributed by atoms with Crippen LogP contribution in [0.15, 0.2) is 47.0 Å². The van der Waals surface area contributed by atoms with Gasteiger partial charge >= 0.3 is 0 Å². The Morgan fingerprint density at radius 3 is 2.63 bits per heavy atom. The van der Waals surface area contributed by atoms with Gasteiger partial charge in [0.2, 0.25) is 5.89 Å². The number of rotatable bonds is 8. The summed E-state index contributed by atoms with van der Waals surface area (Å²) in [7, 11) is 5.25. The lowest BCUT2D eigenvalue weighted by molar-refractivity contribution is 0.262. The van der Waals surface area contributed by atoms with Gasteiger partial charge in [-0.3, -0.25) is 4.90 Å². The third-order valence-electron chi connectivity index (χ3n) is 4.74. The largest absolute Gasteiger partial charge is 0.493 e. The molecule has 0 amide bonds. The van der Waals surface area contributed by atoms with E-state index < -0.39 is 0 Å². The van der Waals surface area contributed by atoms with E-state index in [-0.39, 0.29) is 0 Å². The van der Waals surface area contributed by atoms with Crippen LogP contribution < -0.4 is 9.47 Å². The van der Waals surface area contributed by atoms with Crippen molar-refractivity contribution in [3.63, 3.8) is 0 Å². The molecule has 30 heavy (non-hydrogen) atoms. The van der Waals surface area contributed by atoms with E-state index in [0.29, 0.717) is 42.7 Å². The summed E-state index contributed by atoms with van der Waals surface area (Å²) in [5.74, 6) is 2.57. The van der Waals surface area contributed by atoms with Crippen molar-refractivity contribution in [1.29, 1.82) is 0 Å². The molecule has 2 aromatic carbocycles. The molecule has 0 unspecified atom stereocenters. The van der Waals surface area contributed by atoms with Gasteiger partial charge in [0.1, 0.15) is 0 Å². The van der Waals surface area contributed by atoms with Gasteiger partial charge in [-0.2, -0.15) is 4.98 Å². The average Bonchev–Trinajstić information content (AvgIpc) is 3.32. The molecular weight excluding hydrogens is 422 g/mol. The highest BCUT2D eigenvalue weighted by Gasteiger charge is 2.15. The molecule has 0 bridgehead atoms. The van der Waals surface area contributed by atoms with Crippen LogP contribution in [-0.2, 0) is 19.5 Å². The Hall–Kier alpha value is -2.61. The number of thiophene rings is 1. The molecule has 0 N–H and O–H groups in total. The third-order valence-corrected chi connectivity index (χ3v) is 6.44. The van der Waals surface area contributed by atoms with Crippen LogP contribution in [-0.4, -0.2) is 36.3 Å². The van der Waals surface area contributed by atoms with E-state index in [0.717, 1.165) is 20.8 Å². The normalized spacial score (nSPS) is 11.4. The van der Waals surface area contributed by atoms with Crippen LogP contribution in [0.1, 0.15) is 22.2 Å². The fraction of sp³-hybridized carbons (Fsp3) is 0.273. The number of hydrogen-bond acceptors (Lipinski definition) is 7. The number of ether oxygens (including phenoxy) is 2. The van der Waals surface area contributed by atoms with E-state index in [1.165, 1.54) is 4.70 Å². The lowest BCUT2D eigenvalue weighted by atomic mass is 10.1. The Bertz CT molecular complexity index is 1160. The van der Waals surface area contributed by atoms with Gasteiger partial charge in [0.25, 0.3) is 0 Å². The smallest absolute Gasteiger partial charge is 0.240 e. The van der Waals surface area contributed by atoms with Gasteiger partial charge in [0, 0.05) is 27.9 Å². The topological polar surface area (TPSA) is 60.6 Å². The first-order chi connectivity index (χ1) is 14.6. The van der Waals surface area contributed by atoms with Gasteiger partial charge in [0.15, 0.2) is 17.3 Å². The summed E-state index contributed by atoms with van der Waals surface area (Å²) in [6, 6.07) is 13.9. The van der Waals surface area contributed by atoms with Crippen molar-refractivity contribution in [2.75, 3.05) is 21.3 Å². The van der Waals surface area contributed by atoms with Crippen molar-refractivity contribution in [3.05, 3.63) is 69.6 Å². The zero-order chi connectivity index (χ0) is 21.1. The van der Waals surface area contributed by atoms with Gasteiger partial charge in [0.05, 0.1) is 25.8 Å². The zero-order valence-corrected chi connectivity index (χ0v) is 18.6. The molecule has 0 atom stereocenters. The molecule has 156 valence electrons. The van der Waals surface area contributed by atoms with Crippen LogP contribution in [0.4, 0.5) is 0 Å². The van der Waals surface area contributed by atoms with Crippen LogP contribution >= 0.6 is 22.9 Å².